The summed E-state index contributed by atoms with van der Waals surface area (Å²) in [5.74, 6) is -0.117. The van der Waals surface area contributed by atoms with Crippen LogP contribution in [0, 0.1) is 0 Å². The molecular weight excluding hydrogens is 354 g/mol. The van der Waals surface area contributed by atoms with Crippen LogP contribution in [0.3, 0.4) is 0 Å². The summed E-state index contributed by atoms with van der Waals surface area (Å²) in [5.41, 5.74) is 3.39. The van der Waals surface area contributed by atoms with Crippen molar-refractivity contribution in [2.75, 3.05) is 0 Å². The molecule has 0 radical (unpaired) electrons. The Balaban J connectivity index is 1.65. The Morgan fingerprint density at radius 2 is 1.91 bits per heavy atom. The molecule has 114 valence electrons. The summed E-state index contributed by atoms with van der Waals surface area (Å²) in [6, 6.07) is 15.1. The second-order valence-corrected chi connectivity index (χ2v) is 5.81. The highest BCUT2D eigenvalue weighted by molar-refractivity contribution is 9.10. The molecule has 0 unspecified atom stereocenters. The highest BCUT2D eigenvalue weighted by Gasteiger charge is 2.08. The maximum atomic E-state index is 12.2. The lowest BCUT2D eigenvalue weighted by Gasteiger charge is -2.07. The number of amides is 1. The van der Waals surface area contributed by atoms with Crippen molar-refractivity contribution >= 4 is 21.8 Å². The van der Waals surface area contributed by atoms with Crippen LogP contribution in [0.15, 0.2) is 71.6 Å². The molecule has 4 nitrogen and oxygen atoms in total. The molecule has 0 saturated carbocycles. The van der Waals surface area contributed by atoms with Crippen molar-refractivity contribution in [3.8, 4) is 11.3 Å². The average molecular weight is 368 g/mol. The van der Waals surface area contributed by atoms with E-state index >= 15 is 0 Å². The molecule has 2 aromatic heterocycles. The molecule has 0 atom stereocenters. The van der Waals surface area contributed by atoms with Crippen molar-refractivity contribution in [2.24, 2.45) is 0 Å². The van der Waals surface area contributed by atoms with E-state index in [2.05, 4.69) is 31.2 Å². The van der Waals surface area contributed by atoms with E-state index in [-0.39, 0.29) is 5.91 Å². The third kappa shape index (κ3) is 3.81. The first kappa shape index (κ1) is 15.4. The van der Waals surface area contributed by atoms with Crippen LogP contribution < -0.4 is 5.32 Å². The first-order valence-electron chi connectivity index (χ1n) is 7.12. The number of halogens is 1. The Labute approximate surface area is 142 Å². The van der Waals surface area contributed by atoms with Gasteiger partial charge in [0.25, 0.3) is 5.91 Å². The van der Waals surface area contributed by atoms with Crippen molar-refractivity contribution in [1.82, 2.24) is 15.3 Å². The zero-order valence-electron chi connectivity index (χ0n) is 12.2. The number of hydrogen-bond acceptors (Lipinski definition) is 3. The summed E-state index contributed by atoms with van der Waals surface area (Å²) in [6.45, 7) is 0.431. The van der Waals surface area contributed by atoms with Gasteiger partial charge in [-0.3, -0.25) is 14.8 Å². The fraction of sp³-hybridized carbons (Fsp3) is 0.0556. The van der Waals surface area contributed by atoms with Crippen molar-refractivity contribution < 1.29 is 4.79 Å². The molecule has 1 N–H and O–H groups in total. The monoisotopic (exact) mass is 367 g/mol. The lowest BCUT2D eigenvalue weighted by molar-refractivity contribution is 0.0950. The minimum absolute atomic E-state index is 0.117. The minimum Gasteiger partial charge on any atom is -0.348 e. The van der Waals surface area contributed by atoms with Gasteiger partial charge in [0, 0.05) is 35.2 Å². The Morgan fingerprint density at radius 3 is 2.61 bits per heavy atom. The number of rotatable bonds is 4. The normalized spacial score (nSPS) is 10.3. The molecule has 0 aliphatic heterocycles. The number of nitrogens with zero attached hydrogens (tertiary/aromatic N) is 2. The fourth-order valence-electron chi connectivity index (χ4n) is 2.14. The van der Waals surface area contributed by atoms with E-state index in [1.807, 2.05) is 42.5 Å². The molecule has 5 heteroatoms. The second-order valence-electron chi connectivity index (χ2n) is 4.96. The quantitative estimate of drug-likeness (QED) is 0.762. The number of aromatic nitrogens is 2. The Morgan fingerprint density at radius 1 is 1.04 bits per heavy atom. The van der Waals surface area contributed by atoms with Crippen LogP contribution in [0.2, 0.25) is 0 Å². The van der Waals surface area contributed by atoms with Crippen LogP contribution in [0.1, 0.15) is 15.9 Å². The first-order valence-corrected chi connectivity index (χ1v) is 7.91. The van der Waals surface area contributed by atoms with Crippen molar-refractivity contribution in [2.45, 2.75) is 6.54 Å². The molecule has 3 rings (SSSR count). The van der Waals surface area contributed by atoms with Crippen molar-refractivity contribution in [1.29, 1.82) is 0 Å². The first-order chi connectivity index (χ1) is 11.2. The summed E-state index contributed by atoms with van der Waals surface area (Å²) < 4.78 is 0.780. The SMILES string of the molecule is O=C(NCc1ccc(-c2cccnc2)nc1)c1ccccc1Br. The van der Waals surface area contributed by atoms with E-state index in [1.54, 1.807) is 24.7 Å². The number of carbonyl (C=O) groups is 1. The fourth-order valence-corrected chi connectivity index (χ4v) is 2.60. The van der Waals surface area contributed by atoms with Crippen molar-refractivity contribution in [3.05, 3.63) is 82.7 Å². The summed E-state index contributed by atoms with van der Waals surface area (Å²) in [6.07, 6.45) is 5.27. The predicted molar refractivity (Wildman–Crippen MR) is 92.8 cm³/mol. The topological polar surface area (TPSA) is 54.9 Å². The zero-order chi connectivity index (χ0) is 16.1. The summed E-state index contributed by atoms with van der Waals surface area (Å²) >= 11 is 3.38. The van der Waals surface area contributed by atoms with Gasteiger partial charge >= 0.3 is 0 Å². The van der Waals surface area contributed by atoms with Crippen LogP contribution in [0.4, 0.5) is 0 Å². The van der Waals surface area contributed by atoms with Gasteiger partial charge in [-0.1, -0.05) is 18.2 Å². The van der Waals surface area contributed by atoms with Gasteiger partial charge in [-0.25, -0.2) is 0 Å². The third-order valence-corrected chi connectivity index (χ3v) is 4.05. The highest BCUT2D eigenvalue weighted by Crippen LogP contribution is 2.17. The standard InChI is InChI=1S/C18H14BrN3O/c19-16-6-2-1-5-15(16)18(23)22-11-13-7-8-17(21-10-13)14-4-3-9-20-12-14/h1-10,12H,11H2,(H,22,23). The molecule has 23 heavy (non-hydrogen) atoms. The second kappa shape index (κ2) is 7.15. The van der Waals surface area contributed by atoms with Gasteiger partial charge in [-0.05, 0) is 51.8 Å². The Kier molecular flexibility index (Phi) is 4.78. The van der Waals surface area contributed by atoms with Gasteiger partial charge in [0.15, 0.2) is 0 Å². The molecule has 0 aliphatic rings. The molecule has 1 aromatic carbocycles. The van der Waals surface area contributed by atoms with Gasteiger partial charge in [0.2, 0.25) is 0 Å². The molecular formula is C18H14BrN3O. The van der Waals surface area contributed by atoms with Crippen LogP contribution in [-0.4, -0.2) is 15.9 Å². The van der Waals surface area contributed by atoms with Crippen LogP contribution in [0.25, 0.3) is 11.3 Å². The van der Waals surface area contributed by atoms with Crippen LogP contribution >= 0.6 is 15.9 Å². The number of benzene rings is 1. The van der Waals surface area contributed by atoms with Gasteiger partial charge in [-0.15, -0.1) is 0 Å². The maximum absolute atomic E-state index is 12.2. The Hall–Kier alpha value is -2.53. The minimum atomic E-state index is -0.117. The van der Waals surface area contributed by atoms with Crippen LogP contribution in [0.5, 0.6) is 0 Å². The van der Waals surface area contributed by atoms with Gasteiger partial charge in [0.05, 0.1) is 11.3 Å². The number of pyridine rings is 2. The molecule has 0 bridgehead atoms. The molecule has 3 aromatic rings. The van der Waals surface area contributed by atoms with Crippen molar-refractivity contribution in [3.63, 3.8) is 0 Å². The Bertz CT molecular complexity index is 804. The number of carbonyl (C=O) groups excluding carboxylic acids is 1. The molecule has 0 saturated heterocycles. The summed E-state index contributed by atoms with van der Waals surface area (Å²) in [5, 5.41) is 2.89. The van der Waals surface area contributed by atoms with E-state index in [0.717, 1.165) is 21.3 Å². The van der Waals surface area contributed by atoms with Crippen LogP contribution in [-0.2, 0) is 6.54 Å². The number of hydrogen-bond donors (Lipinski definition) is 1. The van der Waals surface area contributed by atoms with E-state index in [0.29, 0.717) is 12.1 Å². The molecule has 0 aliphatic carbocycles. The highest BCUT2D eigenvalue weighted by atomic mass is 79.9. The summed E-state index contributed by atoms with van der Waals surface area (Å²) in [7, 11) is 0. The molecule has 1 amide bonds. The van der Waals surface area contributed by atoms with Gasteiger partial charge in [-0.2, -0.15) is 0 Å². The van der Waals surface area contributed by atoms with E-state index in [9.17, 15) is 4.79 Å². The number of nitrogens with one attached hydrogen (secondary N) is 1. The largest absolute Gasteiger partial charge is 0.348 e. The lowest BCUT2D eigenvalue weighted by atomic mass is 10.1. The van der Waals surface area contributed by atoms with E-state index in [4.69, 9.17) is 0 Å². The van der Waals surface area contributed by atoms with Gasteiger partial charge in [0.1, 0.15) is 0 Å². The average Bonchev–Trinajstić information content (AvgIpc) is 2.61. The third-order valence-electron chi connectivity index (χ3n) is 3.35. The summed E-state index contributed by atoms with van der Waals surface area (Å²) in [4.78, 5) is 20.7. The predicted octanol–water partition coefficient (Wildman–Crippen LogP) is 3.84. The molecule has 0 spiro atoms. The van der Waals surface area contributed by atoms with E-state index < -0.39 is 0 Å². The van der Waals surface area contributed by atoms with Gasteiger partial charge < -0.3 is 5.32 Å². The smallest absolute Gasteiger partial charge is 0.252 e. The molecule has 0 fully saturated rings. The molecule has 2 heterocycles. The lowest BCUT2D eigenvalue weighted by Crippen LogP contribution is -2.23. The zero-order valence-corrected chi connectivity index (χ0v) is 13.8. The maximum Gasteiger partial charge on any atom is 0.252 e. The van der Waals surface area contributed by atoms with E-state index in [1.165, 1.54) is 0 Å².